The van der Waals surface area contributed by atoms with Crippen LogP contribution in [0.4, 0.5) is 4.39 Å². The molecule has 2 N–H and O–H groups in total. The van der Waals surface area contributed by atoms with Crippen molar-refractivity contribution in [2.24, 2.45) is 0 Å². The van der Waals surface area contributed by atoms with E-state index >= 15 is 0 Å². The molecule has 0 amide bonds. The molecule has 0 saturated heterocycles. The summed E-state index contributed by atoms with van der Waals surface area (Å²) in [5, 5.41) is 17.4. The van der Waals surface area contributed by atoms with Crippen LogP contribution in [0.3, 0.4) is 0 Å². The van der Waals surface area contributed by atoms with Crippen LogP contribution in [0.1, 0.15) is 6.42 Å². The predicted octanol–water partition coefficient (Wildman–Crippen LogP) is 1.61. The summed E-state index contributed by atoms with van der Waals surface area (Å²) in [7, 11) is 0. The molecule has 56 valence electrons. The molecule has 1 rings (SSSR count). The quantitative estimate of drug-likeness (QED) is 0.571. The number of hydrogen-bond acceptors (Lipinski definition) is 2. The van der Waals surface area contributed by atoms with E-state index in [4.69, 9.17) is 21.8 Å². The fraction of sp³-hybridized carbons (Fsp3) is 0.333. The summed E-state index contributed by atoms with van der Waals surface area (Å²) in [6.45, 7) is 0. The molecule has 0 aromatic rings. The summed E-state index contributed by atoms with van der Waals surface area (Å²) in [5.74, 6) is -2.74. The molecule has 0 aromatic carbocycles. The van der Waals surface area contributed by atoms with Crippen molar-refractivity contribution in [3.8, 4) is 0 Å². The molecule has 1 aliphatic carbocycles. The fourth-order valence-electron chi connectivity index (χ4n) is 0.768. The SMILES string of the molecule is OC1=CC(Cl)=CC(O)(F)C1. The monoisotopic (exact) mass is 164 g/mol. The van der Waals surface area contributed by atoms with Crippen molar-refractivity contribution in [2.75, 3.05) is 0 Å². The first-order chi connectivity index (χ1) is 4.49. The minimum Gasteiger partial charge on any atom is -0.512 e. The van der Waals surface area contributed by atoms with Gasteiger partial charge < -0.3 is 10.2 Å². The van der Waals surface area contributed by atoms with Gasteiger partial charge in [-0.3, -0.25) is 0 Å². The Kier molecular flexibility index (Phi) is 1.70. The van der Waals surface area contributed by atoms with Gasteiger partial charge in [-0.2, -0.15) is 0 Å². The number of allylic oxidation sites excluding steroid dienone is 2. The molecule has 0 aromatic heterocycles. The van der Waals surface area contributed by atoms with Gasteiger partial charge in [-0.1, -0.05) is 11.6 Å². The van der Waals surface area contributed by atoms with Crippen LogP contribution in [0, 0.1) is 0 Å². The molecule has 0 saturated carbocycles. The standard InChI is InChI=1S/C6H6ClFO2/c7-4-1-5(9)3-6(8,10)2-4/h1-2,9-10H,3H2. The second-order valence-electron chi connectivity index (χ2n) is 2.16. The molecule has 0 aliphatic heterocycles. The summed E-state index contributed by atoms with van der Waals surface area (Å²) in [5.41, 5.74) is 0. The topological polar surface area (TPSA) is 40.5 Å². The highest BCUT2D eigenvalue weighted by Crippen LogP contribution is 2.27. The van der Waals surface area contributed by atoms with Gasteiger partial charge in [0.05, 0.1) is 12.2 Å². The number of aliphatic hydroxyl groups is 2. The third-order valence-corrected chi connectivity index (χ3v) is 1.31. The molecule has 0 fully saturated rings. The normalized spacial score (nSPS) is 33.1. The average Bonchev–Trinajstić information content (AvgIpc) is 1.54. The second-order valence-corrected chi connectivity index (χ2v) is 2.60. The van der Waals surface area contributed by atoms with E-state index in [1.165, 1.54) is 6.08 Å². The van der Waals surface area contributed by atoms with Crippen molar-refractivity contribution in [1.82, 2.24) is 0 Å². The fourth-order valence-corrected chi connectivity index (χ4v) is 1.06. The zero-order valence-electron chi connectivity index (χ0n) is 5.01. The highest BCUT2D eigenvalue weighted by Gasteiger charge is 2.28. The van der Waals surface area contributed by atoms with Gasteiger partial charge in [-0.15, -0.1) is 0 Å². The summed E-state index contributed by atoms with van der Waals surface area (Å²) in [6.07, 6.45) is 1.60. The van der Waals surface area contributed by atoms with Crippen molar-refractivity contribution in [1.29, 1.82) is 0 Å². The first kappa shape index (κ1) is 7.57. The maximum Gasteiger partial charge on any atom is 0.234 e. The minimum atomic E-state index is -2.49. The van der Waals surface area contributed by atoms with Crippen LogP contribution < -0.4 is 0 Å². The molecule has 1 aliphatic rings. The van der Waals surface area contributed by atoms with Gasteiger partial charge in [0.25, 0.3) is 0 Å². The van der Waals surface area contributed by atoms with Gasteiger partial charge in [-0.25, -0.2) is 4.39 Å². The van der Waals surface area contributed by atoms with E-state index in [1.54, 1.807) is 0 Å². The van der Waals surface area contributed by atoms with Crippen molar-refractivity contribution in [3.05, 3.63) is 22.9 Å². The van der Waals surface area contributed by atoms with Gasteiger partial charge in [0.15, 0.2) is 0 Å². The summed E-state index contributed by atoms with van der Waals surface area (Å²) in [4.78, 5) is 0. The lowest BCUT2D eigenvalue weighted by atomic mass is 10.1. The van der Waals surface area contributed by atoms with Crippen molar-refractivity contribution < 1.29 is 14.6 Å². The molecule has 4 heteroatoms. The number of aliphatic hydroxyl groups excluding tert-OH is 1. The molecule has 0 heterocycles. The molecule has 10 heavy (non-hydrogen) atoms. The lowest BCUT2D eigenvalue weighted by Gasteiger charge is -2.17. The van der Waals surface area contributed by atoms with Gasteiger partial charge >= 0.3 is 0 Å². The van der Waals surface area contributed by atoms with E-state index < -0.39 is 12.3 Å². The number of halogens is 2. The highest BCUT2D eigenvalue weighted by molar-refractivity contribution is 6.31. The Bertz CT molecular complexity index is 208. The Labute approximate surface area is 62.2 Å². The number of hydrogen-bond donors (Lipinski definition) is 2. The average molecular weight is 165 g/mol. The lowest BCUT2D eigenvalue weighted by molar-refractivity contribution is -0.0484. The Morgan fingerprint density at radius 3 is 2.70 bits per heavy atom. The van der Waals surface area contributed by atoms with Crippen molar-refractivity contribution in [3.63, 3.8) is 0 Å². The summed E-state index contributed by atoms with van der Waals surface area (Å²) < 4.78 is 12.6. The molecule has 0 bridgehead atoms. The van der Waals surface area contributed by atoms with E-state index in [-0.39, 0.29) is 10.8 Å². The first-order valence-electron chi connectivity index (χ1n) is 2.69. The maximum absolute atomic E-state index is 12.6. The van der Waals surface area contributed by atoms with E-state index in [1.807, 2.05) is 0 Å². The predicted molar refractivity (Wildman–Crippen MR) is 35.3 cm³/mol. The van der Waals surface area contributed by atoms with Crippen LogP contribution in [-0.2, 0) is 0 Å². The Morgan fingerprint density at radius 1 is 1.70 bits per heavy atom. The molecular weight excluding hydrogens is 159 g/mol. The van der Waals surface area contributed by atoms with Crippen molar-refractivity contribution >= 4 is 11.6 Å². The van der Waals surface area contributed by atoms with E-state index in [2.05, 4.69) is 0 Å². The third-order valence-electron chi connectivity index (χ3n) is 1.09. The molecule has 1 atom stereocenters. The largest absolute Gasteiger partial charge is 0.512 e. The Morgan fingerprint density at radius 2 is 2.30 bits per heavy atom. The van der Waals surface area contributed by atoms with Crippen LogP contribution in [0.5, 0.6) is 0 Å². The zero-order valence-corrected chi connectivity index (χ0v) is 5.77. The van der Waals surface area contributed by atoms with Crippen LogP contribution in [0.15, 0.2) is 22.9 Å². The van der Waals surface area contributed by atoms with Gasteiger partial charge in [-0.05, 0) is 12.2 Å². The first-order valence-corrected chi connectivity index (χ1v) is 3.06. The molecule has 2 nitrogen and oxygen atoms in total. The molecule has 0 radical (unpaired) electrons. The van der Waals surface area contributed by atoms with Crippen molar-refractivity contribution in [2.45, 2.75) is 12.3 Å². The smallest absolute Gasteiger partial charge is 0.234 e. The van der Waals surface area contributed by atoms with E-state index in [0.717, 1.165) is 6.08 Å². The van der Waals surface area contributed by atoms with Crippen LogP contribution in [0.25, 0.3) is 0 Å². The van der Waals surface area contributed by atoms with Gasteiger partial charge in [0.2, 0.25) is 5.85 Å². The van der Waals surface area contributed by atoms with Crippen LogP contribution >= 0.6 is 11.6 Å². The third kappa shape index (κ3) is 1.72. The minimum absolute atomic E-state index is 0.00810. The number of alkyl halides is 1. The molecular formula is C6H6ClFO2. The van der Waals surface area contributed by atoms with E-state index in [9.17, 15) is 4.39 Å². The van der Waals surface area contributed by atoms with E-state index in [0.29, 0.717) is 0 Å². The second kappa shape index (κ2) is 2.25. The number of rotatable bonds is 0. The van der Waals surface area contributed by atoms with Crippen LogP contribution in [0.2, 0.25) is 0 Å². The highest BCUT2D eigenvalue weighted by atomic mass is 35.5. The maximum atomic E-state index is 12.6. The summed E-state index contributed by atoms with van der Waals surface area (Å²) >= 11 is 5.32. The van der Waals surface area contributed by atoms with Crippen LogP contribution in [-0.4, -0.2) is 16.1 Å². The molecule has 1 unspecified atom stereocenters. The Balaban J connectivity index is 2.88. The lowest BCUT2D eigenvalue weighted by Crippen LogP contribution is -2.22. The van der Waals surface area contributed by atoms with Gasteiger partial charge in [0, 0.05) is 5.03 Å². The molecule has 0 spiro atoms. The zero-order chi connectivity index (χ0) is 7.78. The Hall–Kier alpha value is -0.540. The van der Waals surface area contributed by atoms with Gasteiger partial charge in [0.1, 0.15) is 0 Å². The summed E-state index contributed by atoms with van der Waals surface area (Å²) in [6, 6.07) is 0.